The van der Waals surface area contributed by atoms with Crippen LogP contribution in [0.2, 0.25) is 0 Å². The van der Waals surface area contributed by atoms with Gasteiger partial charge in [0, 0.05) is 12.8 Å². The monoisotopic (exact) mass is 525 g/mol. The fourth-order valence-electron chi connectivity index (χ4n) is 4.54. The van der Waals surface area contributed by atoms with Gasteiger partial charge in [-0.15, -0.1) is 0 Å². The Kier molecular flexibility index (Phi) is 24.9. The summed E-state index contributed by atoms with van der Waals surface area (Å²) in [6.45, 7) is 7.09. The van der Waals surface area contributed by atoms with Crippen LogP contribution >= 0.6 is 0 Å². The molecular weight excluding hydrogens is 466 g/mol. The zero-order valence-corrected chi connectivity index (χ0v) is 24.5. The highest BCUT2D eigenvalue weighted by molar-refractivity contribution is 5.84. The van der Waals surface area contributed by atoms with Gasteiger partial charge in [-0.25, -0.2) is 4.79 Å². The molecule has 0 rings (SSSR count). The molecule has 0 aromatic carbocycles. The van der Waals surface area contributed by atoms with Crippen LogP contribution in [0.1, 0.15) is 162 Å². The lowest BCUT2D eigenvalue weighted by molar-refractivity contribution is -0.148. The van der Waals surface area contributed by atoms with E-state index in [1.807, 2.05) is 0 Å². The highest BCUT2D eigenvalue weighted by Crippen LogP contribution is 2.13. The second kappa shape index (κ2) is 26.0. The minimum absolute atomic E-state index is 0.0640. The van der Waals surface area contributed by atoms with Gasteiger partial charge in [0.05, 0.1) is 6.61 Å². The minimum atomic E-state index is -0.981. The third kappa shape index (κ3) is 25.8. The van der Waals surface area contributed by atoms with Gasteiger partial charge in [-0.2, -0.15) is 0 Å². The van der Waals surface area contributed by atoms with Crippen LogP contribution in [-0.2, 0) is 19.1 Å². The van der Waals surface area contributed by atoms with E-state index in [4.69, 9.17) is 9.84 Å². The van der Waals surface area contributed by atoms with Gasteiger partial charge in [0.2, 0.25) is 5.91 Å². The molecule has 0 aliphatic carbocycles. The molecular formula is C31H59NO5. The maximum atomic E-state index is 12.5. The molecule has 2 N–H and O–H groups in total. The van der Waals surface area contributed by atoms with E-state index >= 15 is 0 Å². The van der Waals surface area contributed by atoms with Crippen molar-refractivity contribution < 1.29 is 24.2 Å². The molecule has 1 amide bonds. The molecule has 0 radical (unpaired) electrons. The molecule has 218 valence electrons. The normalized spacial score (nSPS) is 12.0. The van der Waals surface area contributed by atoms with Crippen molar-refractivity contribution in [3.05, 3.63) is 0 Å². The van der Waals surface area contributed by atoms with Crippen molar-refractivity contribution in [2.24, 2.45) is 5.92 Å². The van der Waals surface area contributed by atoms with Gasteiger partial charge in [0.1, 0.15) is 6.04 Å². The number of nitrogens with one attached hydrogen (secondary N) is 1. The first-order valence-electron chi connectivity index (χ1n) is 15.5. The standard InChI is InChI=1S/C31H59NO5/c1-4-5-6-7-8-9-10-11-14-17-20-23-29(33)32-28(24-25-30(34)35)31(36)37-26-21-18-15-12-13-16-19-22-27(2)3/h27-28H,4-26H2,1-3H3,(H,32,33)(H,34,35)/t28-/m0/s1. The zero-order valence-electron chi connectivity index (χ0n) is 24.5. The van der Waals surface area contributed by atoms with Crippen LogP contribution in [-0.4, -0.2) is 35.6 Å². The van der Waals surface area contributed by atoms with Gasteiger partial charge in [-0.1, -0.05) is 130 Å². The summed E-state index contributed by atoms with van der Waals surface area (Å²) < 4.78 is 5.37. The number of unbranched alkanes of at least 4 members (excludes halogenated alkanes) is 16. The Labute approximate surface area is 228 Å². The van der Waals surface area contributed by atoms with Crippen LogP contribution in [0.25, 0.3) is 0 Å². The van der Waals surface area contributed by atoms with Gasteiger partial charge in [0.15, 0.2) is 0 Å². The predicted molar refractivity (Wildman–Crippen MR) is 153 cm³/mol. The number of amides is 1. The number of hydrogen-bond acceptors (Lipinski definition) is 4. The first kappa shape index (κ1) is 35.4. The third-order valence-electron chi connectivity index (χ3n) is 6.94. The third-order valence-corrected chi connectivity index (χ3v) is 6.94. The maximum absolute atomic E-state index is 12.5. The van der Waals surface area contributed by atoms with E-state index in [-0.39, 0.29) is 18.7 Å². The lowest BCUT2D eigenvalue weighted by atomic mass is 10.0. The highest BCUT2D eigenvalue weighted by atomic mass is 16.5. The summed E-state index contributed by atoms with van der Waals surface area (Å²) in [5.74, 6) is -0.905. The quantitative estimate of drug-likeness (QED) is 0.0830. The number of carbonyl (C=O) groups is 3. The summed E-state index contributed by atoms with van der Waals surface area (Å²) in [6, 6.07) is -0.878. The van der Waals surface area contributed by atoms with Gasteiger partial charge in [-0.05, 0) is 25.2 Å². The molecule has 0 aromatic heterocycles. The summed E-state index contributed by atoms with van der Waals surface area (Å²) in [6.07, 6.45) is 22.9. The molecule has 0 aliphatic rings. The maximum Gasteiger partial charge on any atom is 0.328 e. The van der Waals surface area contributed by atoms with Crippen LogP contribution in [0.5, 0.6) is 0 Å². The van der Waals surface area contributed by atoms with Crippen molar-refractivity contribution in [3.8, 4) is 0 Å². The zero-order chi connectivity index (χ0) is 27.6. The molecule has 37 heavy (non-hydrogen) atoms. The highest BCUT2D eigenvalue weighted by Gasteiger charge is 2.23. The lowest BCUT2D eigenvalue weighted by Crippen LogP contribution is -2.42. The Morgan fingerprint density at radius 1 is 0.649 bits per heavy atom. The van der Waals surface area contributed by atoms with Gasteiger partial charge < -0.3 is 15.2 Å². The number of carbonyl (C=O) groups excluding carboxylic acids is 2. The first-order valence-corrected chi connectivity index (χ1v) is 15.5. The van der Waals surface area contributed by atoms with E-state index in [2.05, 4.69) is 26.1 Å². The molecule has 0 heterocycles. The van der Waals surface area contributed by atoms with Crippen LogP contribution in [0, 0.1) is 5.92 Å². The van der Waals surface area contributed by atoms with Crippen LogP contribution < -0.4 is 5.32 Å². The largest absolute Gasteiger partial charge is 0.481 e. The van der Waals surface area contributed by atoms with E-state index in [1.54, 1.807) is 0 Å². The molecule has 0 aromatic rings. The Bertz CT molecular complexity index is 564. The Hall–Kier alpha value is -1.59. The van der Waals surface area contributed by atoms with Crippen molar-refractivity contribution in [1.82, 2.24) is 5.32 Å². The number of carboxylic acids is 1. The fourth-order valence-corrected chi connectivity index (χ4v) is 4.54. The summed E-state index contributed by atoms with van der Waals surface area (Å²) in [7, 11) is 0. The lowest BCUT2D eigenvalue weighted by Gasteiger charge is -2.17. The van der Waals surface area contributed by atoms with Crippen molar-refractivity contribution in [2.45, 2.75) is 168 Å². The van der Waals surface area contributed by atoms with E-state index in [0.717, 1.165) is 44.4 Å². The average molecular weight is 526 g/mol. The summed E-state index contributed by atoms with van der Waals surface area (Å²) in [5.41, 5.74) is 0. The van der Waals surface area contributed by atoms with Crippen molar-refractivity contribution in [1.29, 1.82) is 0 Å². The van der Waals surface area contributed by atoms with Crippen molar-refractivity contribution >= 4 is 17.8 Å². The molecule has 0 unspecified atom stereocenters. The summed E-state index contributed by atoms with van der Waals surface area (Å²) >= 11 is 0. The Balaban J connectivity index is 3.97. The number of carboxylic acid groups (broad SMARTS) is 1. The molecule has 0 fully saturated rings. The average Bonchev–Trinajstić information content (AvgIpc) is 2.85. The second-order valence-corrected chi connectivity index (χ2v) is 11.2. The van der Waals surface area contributed by atoms with E-state index < -0.39 is 18.0 Å². The molecule has 1 atom stereocenters. The molecule has 0 bridgehead atoms. The SMILES string of the molecule is CCCCCCCCCCCCCC(=O)N[C@@H](CCC(=O)O)C(=O)OCCCCCCCCCC(C)C. The van der Waals surface area contributed by atoms with Crippen molar-refractivity contribution in [2.75, 3.05) is 6.61 Å². The van der Waals surface area contributed by atoms with Gasteiger partial charge in [0.25, 0.3) is 0 Å². The Morgan fingerprint density at radius 2 is 1.14 bits per heavy atom. The number of hydrogen-bond donors (Lipinski definition) is 2. The van der Waals surface area contributed by atoms with E-state index in [0.29, 0.717) is 13.0 Å². The van der Waals surface area contributed by atoms with Crippen LogP contribution in [0.4, 0.5) is 0 Å². The smallest absolute Gasteiger partial charge is 0.328 e. The molecule has 0 aliphatic heterocycles. The summed E-state index contributed by atoms with van der Waals surface area (Å²) in [4.78, 5) is 35.8. The van der Waals surface area contributed by atoms with E-state index in [9.17, 15) is 14.4 Å². The molecule has 6 nitrogen and oxygen atoms in total. The number of esters is 1. The summed E-state index contributed by atoms with van der Waals surface area (Å²) in [5, 5.41) is 11.7. The van der Waals surface area contributed by atoms with Gasteiger partial charge >= 0.3 is 11.9 Å². The van der Waals surface area contributed by atoms with Crippen molar-refractivity contribution in [3.63, 3.8) is 0 Å². The van der Waals surface area contributed by atoms with E-state index in [1.165, 1.54) is 83.5 Å². The minimum Gasteiger partial charge on any atom is -0.481 e. The van der Waals surface area contributed by atoms with Gasteiger partial charge in [-0.3, -0.25) is 9.59 Å². The molecule has 0 saturated heterocycles. The second-order valence-electron chi connectivity index (χ2n) is 11.2. The molecule has 0 saturated carbocycles. The topological polar surface area (TPSA) is 92.7 Å². The van der Waals surface area contributed by atoms with Crippen LogP contribution in [0.3, 0.4) is 0 Å². The predicted octanol–water partition coefficient (Wildman–Crippen LogP) is 8.36. The number of rotatable bonds is 27. The van der Waals surface area contributed by atoms with Crippen LogP contribution in [0.15, 0.2) is 0 Å². The molecule has 6 heteroatoms. The number of aliphatic carboxylic acids is 1. The Morgan fingerprint density at radius 3 is 1.65 bits per heavy atom. The molecule has 0 spiro atoms. The first-order chi connectivity index (χ1) is 17.9. The number of ether oxygens (including phenoxy) is 1. The fraction of sp³-hybridized carbons (Fsp3) is 0.903.